The summed E-state index contributed by atoms with van der Waals surface area (Å²) >= 11 is 5.87. The van der Waals surface area contributed by atoms with Crippen LogP contribution in [0.25, 0.3) is 0 Å². The van der Waals surface area contributed by atoms with E-state index in [0.29, 0.717) is 5.76 Å². The molecule has 0 aliphatic heterocycles. The monoisotopic (exact) mass is 294 g/mol. The molecule has 1 amide bonds. The van der Waals surface area contributed by atoms with E-state index < -0.39 is 10.8 Å². The molecule has 20 heavy (non-hydrogen) atoms. The standard InChI is InChI=1S/C13H11ClN2O4/c1-8-2-4-10(20-8)7-15-13(17)11-6-9(16(18)19)3-5-12(11)14/h2-6H,7H2,1H3,(H,15,17). The second-order valence-electron chi connectivity index (χ2n) is 4.12. The summed E-state index contributed by atoms with van der Waals surface area (Å²) in [6.45, 7) is 1.98. The molecule has 1 aromatic carbocycles. The molecule has 0 spiro atoms. The molecule has 2 aromatic rings. The Kier molecular flexibility index (Phi) is 4.05. The van der Waals surface area contributed by atoms with Crippen LogP contribution in [-0.2, 0) is 6.54 Å². The Hall–Kier alpha value is -2.34. The lowest BCUT2D eigenvalue weighted by molar-refractivity contribution is -0.384. The second-order valence-corrected chi connectivity index (χ2v) is 4.52. The van der Waals surface area contributed by atoms with Crippen molar-refractivity contribution < 1.29 is 14.1 Å². The van der Waals surface area contributed by atoms with E-state index in [0.717, 1.165) is 11.8 Å². The lowest BCUT2D eigenvalue weighted by Gasteiger charge is -2.05. The largest absolute Gasteiger partial charge is 0.465 e. The number of halogens is 1. The van der Waals surface area contributed by atoms with Gasteiger partial charge in [-0.25, -0.2) is 0 Å². The fourth-order valence-corrected chi connectivity index (χ4v) is 1.85. The summed E-state index contributed by atoms with van der Waals surface area (Å²) in [5, 5.41) is 13.4. The molecule has 7 heteroatoms. The molecule has 0 aliphatic rings. The number of hydrogen-bond donors (Lipinski definition) is 1. The van der Waals surface area contributed by atoms with Crippen LogP contribution >= 0.6 is 11.6 Å². The first-order valence-corrected chi connectivity index (χ1v) is 6.12. The maximum atomic E-state index is 12.0. The Balaban J connectivity index is 2.12. The third-order valence-electron chi connectivity index (χ3n) is 2.62. The van der Waals surface area contributed by atoms with Crippen molar-refractivity contribution in [2.24, 2.45) is 0 Å². The zero-order chi connectivity index (χ0) is 14.7. The molecule has 0 saturated carbocycles. The number of furan rings is 1. The smallest absolute Gasteiger partial charge is 0.270 e. The molecule has 1 N–H and O–H groups in total. The summed E-state index contributed by atoms with van der Waals surface area (Å²) in [6.07, 6.45) is 0. The van der Waals surface area contributed by atoms with Gasteiger partial charge in [0.15, 0.2) is 0 Å². The number of aryl methyl sites for hydroxylation is 1. The molecular weight excluding hydrogens is 284 g/mol. The highest BCUT2D eigenvalue weighted by molar-refractivity contribution is 6.33. The molecule has 0 atom stereocenters. The van der Waals surface area contributed by atoms with Gasteiger partial charge in [-0.05, 0) is 25.1 Å². The summed E-state index contributed by atoms with van der Waals surface area (Å²) in [4.78, 5) is 22.1. The van der Waals surface area contributed by atoms with Crippen LogP contribution < -0.4 is 5.32 Å². The number of nitro benzene ring substituents is 1. The minimum Gasteiger partial charge on any atom is -0.465 e. The van der Waals surface area contributed by atoms with E-state index in [1.807, 2.05) is 0 Å². The molecule has 104 valence electrons. The quantitative estimate of drug-likeness (QED) is 0.693. The number of benzene rings is 1. The summed E-state index contributed by atoms with van der Waals surface area (Å²) in [5.41, 5.74) is -0.127. The zero-order valence-corrected chi connectivity index (χ0v) is 11.3. The van der Waals surface area contributed by atoms with E-state index in [-0.39, 0.29) is 22.8 Å². The van der Waals surface area contributed by atoms with E-state index in [2.05, 4.69) is 5.32 Å². The normalized spacial score (nSPS) is 10.3. The lowest BCUT2D eigenvalue weighted by Crippen LogP contribution is -2.23. The topological polar surface area (TPSA) is 85.4 Å². The number of carbonyl (C=O) groups is 1. The van der Waals surface area contributed by atoms with Crippen LogP contribution in [0.4, 0.5) is 5.69 Å². The van der Waals surface area contributed by atoms with Gasteiger partial charge in [-0.2, -0.15) is 0 Å². The van der Waals surface area contributed by atoms with E-state index in [4.69, 9.17) is 16.0 Å². The molecule has 2 rings (SSSR count). The van der Waals surface area contributed by atoms with Crippen LogP contribution in [0.5, 0.6) is 0 Å². The second kappa shape index (κ2) is 5.75. The van der Waals surface area contributed by atoms with Gasteiger partial charge in [-0.3, -0.25) is 14.9 Å². The van der Waals surface area contributed by atoms with Crippen molar-refractivity contribution in [3.63, 3.8) is 0 Å². The highest BCUT2D eigenvalue weighted by Gasteiger charge is 2.15. The number of non-ortho nitro benzene ring substituents is 1. The van der Waals surface area contributed by atoms with Gasteiger partial charge < -0.3 is 9.73 Å². The lowest BCUT2D eigenvalue weighted by atomic mass is 10.2. The molecule has 0 bridgehead atoms. The first-order chi connectivity index (χ1) is 9.47. The predicted molar refractivity (Wildman–Crippen MR) is 72.7 cm³/mol. The van der Waals surface area contributed by atoms with E-state index >= 15 is 0 Å². The Bertz CT molecular complexity index is 666. The van der Waals surface area contributed by atoms with Crippen LogP contribution in [0.3, 0.4) is 0 Å². The fourth-order valence-electron chi connectivity index (χ4n) is 1.64. The number of carbonyl (C=O) groups excluding carboxylic acids is 1. The Morgan fingerprint density at radius 3 is 2.75 bits per heavy atom. The van der Waals surface area contributed by atoms with E-state index in [1.54, 1.807) is 19.1 Å². The Morgan fingerprint density at radius 2 is 2.15 bits per heavy atom. The number of nitro groups is 1. The Morgan fingerprint density at radius 1 is 1.40 bits per heavy atom. The van der Waals surface area contributed by atoms with E-state index in [1.165, 1.54) is 12.1 Å². The van der Waals surface area contributed by atoms with Crippen molar-refractivity contribution >= 4 is 23.2 Å². The average Bonchev–Trinajstić information content (AvgIpc) is 2.82. The van der Waals surface area contributed by atoms with Crippen molar-refractivity contribution in [1.29, 1.82) is 0 Å². The van der Waals surface area contributed by atoms with Crippen molar-refractivity contribution in [2.45, 2.75) is 13.5 Å². The van der Waals surface area contributed by atoms with Gasteiger partial charge in [0.1, 0.15) is 11.5 Å². The van der Waals surface area contributed by atoms with Gasteiger partial charge in [0, 0.05) is 12.1 Å². The number of amides is 1. The predicted octanol–water partition coefficient (Wildman–Crippen LogP) is 3.08. The summed E-state index contributed by atoms with van der Waals surface area (Å²) in [6, 6.07) is 7.23. The average molecular weight is 295 g/mol. The third kappa shape index (κ3) is 3.16. The number of hydrogen-bond acceptors (Lipinski definition) is 4. The molecular formula is C13H11ClN2O4. The molecule has 0 unspecified atom stereocenters. The van der Waals surface area contributed by atoms with Gasteiger partial charge in [-0.15, -0.1) is 0 Å². The van der Waals surface area contributed by atoms with Gasteiger partial charge in [0.05, 0.1) is 22.1 Å². The van der Waals surface area contributed by atoms with Gasteiger partial charge in [-0.1, -0.05) is 11.6 Å². The first kappa shape index (κ1) is 14.1. The maximum absolute atomic E-state index is 12.0. The van der Waals surface area contributed by atoms with Crippen molar-refractivity contribution in [3.05, 3.63) is 62.6 Å². The van der Waals surface area contributed by atoms with Crippen molar-refractivity contribution in [2.75, 3.05) is 0 Å². The molecule has 0 aliphatic carbocycles. The van der Waals surface area contributed by atoms with Crippen molar-refractivity contribution in [1.82, 2.24) is 5.32 Å². The molecule has 1 aromatic heterocycles. The fraction of sp³-hybridized carbons (Fsp3) is 0.154. The van der Waals surface area contributed by atoms with Gasteiger partial charge >= 0.3 is 0 Å². The van der Waals surface area contributed by atoms with Crippen LogP contribution in [0, 0.1) is 17.0 Å². The number of nitrogens with one attached hydrogen (secondary N) is 1. The van der Waals surface area contributed by atoms with Crippen LogP contribution in [0.15, 0.2) is 34.7 Å². The zero-order valence-electron chi connectivity index (χ0n) is 10.6. The van der Waals surface area contributed by atoms with Crippen LogP contribution in [-0.4, -0.2) is 10.8 Å². The minimum atomic E-state index is -0.580. The Labute approximate surface area is 119 Å². The summed E-state index contributed by atoms with van der Waals surface area (Å²) < 4.78 is 5.31. The minimum absolute atomic E-state index is 0.0594. The molecule has 0 radical (unpaired) electrons. The van der Waals surface area contributed by atoms with Crippen LogP contribution in [0.2, 0.25) is 5.02 Å². The molecule has 6 nitrogen and oxygen atoms in total. The number of rotatable bonds is 4. The van der Waals surface area contributed by atoms with Gasteiger partial charge in [0.25, 0.3) is 11.6 Å². The summed E-state index contributed by atoms with van der Waals surface area (Å²) in [7, 11) is 0. The molecule has 1 heterocycles. The van der Waals surface area contributed by atoms with Crippen LogP contribution in [0.1, 0.15) is 21.9 Å². The van der Waals surface area contributed by atoms with Crippen molar-refractivity contribution in [3.8, 4) is 0 Å². The molecule has 0 fully saturated rings. The summed E-state index contributed by atoms with van der Waals surface area (Å²) in [5.74, 6) is 0.841. The third-order valence-corrected chi connectivity index (χ3v) is 2.95. The highest BCUT2D eigenvalue weighted by atomic mass is 35.5. The maximum Gasteiger partial charge on any atom is 0.270 e. The number of nitrogens with zero attached hydrogens (tertiary/aromatic N) is 1. The SMILES string of the molecule is Cc1ccc(CNC(=O)c2cc([N+](=O)[O-])ccc2Cl)o1. The first-order valence-electron chi connectivity index (χ1n) is 5.75. The highest BCUT2D eigenvalue weighted by Crippen LogP contribution is 2.22. The molecule has 0 saturated heterocycles. The van der Waals surface area contributed by atoms with E-state index in [9.17, 15) is 14.9 Å². The van der Waals surface area contributed by atoms with Gasteiger partial charge in [0.2, 0.25) is 0 Å².